The van der Waals surface area contributed by atoms with Gasteiger partial charge in [0.1, 0.15) is 6.54 Å². The summed E-state index contributed by atoms with van der Waals surface area (Å²) in [6.07, 6.45) is 3.18. The second-order valence-corrected chi connectivity index (χ2v) is 6.45. The number of hydrogen-bond donors (Lipinski definition) is 0. The van der Waals surface area contributed by atoms with E-state index in [0.717, 1.165) is 18.5 Å². The molecule has 0 saturated heterocycles. The molecule has 126 valence electrons. The Bertz CT molecular complexity index is 1010. The number of carbonyl (C=O) groups excluding carboxylic acids is 1. The van der Waals surface area contributed by atoms with Crippen LogP contribution < -0.4 is 10.5 Å². The van der Waals surface area contributed by atoms with Crippen molar-refractivity contribution in [2.45, 2.75) is 32.4 Å². The standard InChI is InChI=1S/C20H19N3O2/c1-14-10-11-15-6-2-4-8-17(15)23(14)20(25)13-22-18-9-5-3-7-16(18)21-12-19(22)24/h2-9,12,14H,10-11,13H2,1H3/t14-/m0/s1. The molecular weight excluding hydrogens is 314 g/mol. The van der Waals surface area contributed by atoms with Crippen LogP contribution >= 0.6 is 0 Å². The zero-order chi connectivity index (χ0) is 17.4. The van der Waals surface area contributed by atoms with E-state index >= 15 is 0 Å². The number of rotatable bonds is 2. The van der Waals surface area contributed by atoms with Crippen LogP contribution in [-0.4, -0.2) is 21.5 Å². The molecule has 0 aliphatic carbocycles. The first-order chi connectivity index (χ1) is 12.1. The summed E-state index contributed by atoms with van der Waals surface area (Å²) in [6, 6.07) is 15.5. The van der Waals surface area contributed by atoms with Gasteiger partial charge in [-0.2, -0.15) is 0 Å². The molecule has 4 rings (SSSR count). The Morgan fingerprint density at radius 2 is 1.92 bits per heavy atom. The SMILES string of the molecule is C[C@H]1CCc2ccccc2N1C(=O)Cn1c(=O)cnc2ccccc21. The highest BCUT2D eigenvalue weighted by molar-refractivity contribution is 5.95. The van der Waals surface area contributed by atoms with Crippen molar-refractivity contribution in [3.05, 3.63) is 70.6 Å². The second kappa shape index (κ2) is 6.16. The number of carbonyl (C=O) groups is 1. The molecule has 1 aliphatic heterocycles. The van der Waals surface area contributed by atoms with Gasteiger partial charge in [-0.3, -0.25) is 14.2 Å². The fraction of sp³-hybridized carbons (Fsp3) is 0.250. The zero-order valence-corrected chi connectivity index (χ0v) is 14.1. The van der Waals surface area contributed by atoms with Gasteiger partial charge >= 0.3 is 0 Å². The average molecular weight is 333 g/mol. The quantitative estimate of drug-likeness (QED) is 0.724. The third kappa shape index (κ3) is 2.71. The summed E-state index contributed by atoms with van der Waals surface area (Å²) in [4.78, 5) is 31.4. The smallest absolute Gasteiger partial charge is 0.269 e. The van der Waals surface area contributed by atoms with Gasteiger partial charge in [0.25, 0.3) is 5.56 Å². The molecule has 2 heterocycles. The predicted molar refractivity (Wildman–Crippen MR) is 97.7 cm³/mol. The maximum atomic E-state index is 13.1. The third-order valence-electron chi connectivity index (χ3n) is 4.84. The fourth-order valence-electron chi connectivity index (χ4n) is 3.56. The lowest BCUT2D eigenvalue weighted by Crippen LogP contribution is -2.44. The molecular formula is C20H19N3O2. The molecule has 25 heavy (non-hydrogen) atoms. The van der Waals surface area contributed by atoms with E-state index in [4.69, 9.17) is 0 Å². The predicted octanol–water partition coefficient (Wildman–Crippen LogP) is 2.76. The van der Waals surface area contributed by atoms with Crippen molar-refractivity contribution in [3.63, 3.8) is 0 Å². The summed E-state index contributed by atoms with van der Waals surface area (Å²) in [6.45, 7) is 2.07. The summed E-state index contributed by atoms with van der Waals surface area (Å²) in [5, 5.41) is 0. The molecule has 1 aromatic heterocycles. The molecule has 3 aromatic rings. The first-order valence-corrected chi connectivity index (χ1v) is 8.49. The molecule has 5 nitrogen and oxygen atoms in total. The Morgan fingerprint density at radius 3 is 2.80 bits per heavy atom. The highest BCUT2D eigenvalue weighted by Crippen LogP contribution is 2.30. The van der Waals surface area contributed by atoms with E-state index in [-0.39, 0.29) is 24.1 Å². The molecule has 0 radical (unpaired) electrons. The van der Waals surface area contributed by atoms with E-state index in [1.807, 2.05) is 47.4 Å². The molecule has 0 fully saturated rings. The summed E-state index contributed by atoms with van der Waals surface area (Å²) >= 11 is 0. The highest BCUT2D eigenvalue weighted by atomic mass is 16.2. The molecule has 0 N–H and O–H groups in total. The zero-order valence-electron chi connectivity index (χ0n) is 14.1. The Kier molecular flexibility index (Phi) is 3.84. The maximum absolute atomic E-state index is 13.1. The molecule has 0 spiro atoms. The lowest BCUT2D eigenvalue weighted by Gasteiger charge is -2.35. The van der Waals surface area contributed by atoms with Crippen molar-refractivity contribution in [3.8, 4) is 0 Å². The van der Waals surface area contributed by atoms with Gasteiger partial charge < -0.3 is 4.90 Å². The molecule has 1 amide bonds. The number of para-hydroxylation sites is 3. The fourth-order valence-corrected chi connectivity index (χ4v) is 3.56. The van der Waals surface area contributed by atoms with Crippen molar-refractivity contribution in [2.24, 2.45) is 0 Å². The molecule has 0 bridgehead atoms. The van der Waals surface area contributed by atoms with Crippen molar-refractivity contribution in [1.29, 1.82) is 0 Å². The Morgan fingerprint density at radius 1 is 1.16 bits per heavy atom. The number of nitrogens with zero attached hydrogens (tertiary/aromatic N) is 3. The first kappa shape index (κ1) is 15.6. The van der Waals surface area contributed by atoms with Crippen LogP contribution in [-0.2, 0) is 17.8 Å². The van der Waals surface area contributed by atoms with Crippen LogP contribution in [0.3, 0.4) is 0 Å². The van der Waals surface area contributed by atoms with E-state index in [0.29, 0.717) is 11.0 Å². The number of aryl methyl sites for hydroxylation is 1. The first-order valence-electron chi connectivity index (χ1n) is 8.49. The second-order valence-electron chi connectivity index (χ2n) is 6.45. The number of amides is 1. The van der Waals surface area contributed by atoms with Crippen LogP contribution in [0.15, 0.2) is 59.5 Å². The topological polar surface area (TPSA) is 55.2 Å². The van der Waals surface area contributed by atoms with Crippen LogP contribution in [0.1, 0.15) is 18.9 Å². The van der Waals surface area contributed by atoms with Crippen LogP contribution in [0.2, 0.25) is 0 Å². The van der Waals surface area contributed by atoms with E-state index in [1.165, 1.54) is 16.3 Å². The van der Waals surface area contributed by atoms with Crippen molar-refractivity contribution in [1.82, 2.24) is 9.55 Å². The molecule has 1 aliphatic rings. The maximum Gasteiger partial charge on any atom is 0.269 e. The number of aromatic nitrogens is 2. The van der Waals surface area contributed by atoms with Crippen molar-refractivity contribution < 1.29 is 4.79 Å². The van der Waals surface area contributed by atoms with Crippen molar-refractivity contribution in [2.75, 3.05) is 4.90 Å². The molecule has 0 saturated carbocycles. The summed E-state index contributed by atoms with van der Waals surface area (Å²) in [5.74, 6) is -0.0712. The summed E-state index contributed by atoms with van der Waals surface area (Å²) in [5.41, 5.74) is 3.27. The van der Waals surface area contributed by atoms with Gasteiger partial charge in [0, 0.05) is 11.7 Å². The Labute approximate surface area is 145 Å². The lowest BCUT2D eigenvalue weighted by molar-refractivity contribution is -0.119. The van der Waals surface area contributed by atoms with Gasteiger partial charge in [-0.15, -0.1) is 0 Å². The third-order valence-corrected chi connectivity index (χ3v) is 4.84. The van der Waals surface area contributed by atoms with Crippen molar-refractivity contribution >= 4 is 22.6 Å². The number of fused-ring (bicyclic) bond motifs is 2. The molecule has 1 atom stereocenters. The molecule has 0 unspecified atom stereocenters. The highest BCUT2D eigenvalue weighted by Gasteiger charge is 2.28. The van der Waals surface area contributed by atoms with Gasteiger partial charge in [-0.25, -0.2) is 4.98 Å². The number of benzene rings is 2. The molecule has 5 heteroatoms. The molecule has 2 aromatic carbocycles. The lowest BCUT2D eigenvalue weighted by atomic mass is 9.96. The van der Waals surface area contributed by atoms with Gasteiger partial charge in [0.15, 0.2) is 0 Å². The minimum Gasteiger partial charge on any atom is -0.308 e. The van der Waals surface area contributed by atoms with E-state index in [1.54, 1.807) is 0 Å². The van der Waals surface area contributed by atoms with Crippen LogP contribution in [0, 0.1) is 0 Å². The van der Waals surface area contributed by atoms with Crippen LogP contribution in [0.4, 0.5) is 5.69 Å². The van der Waals surface area contributed by atoms with E-state index in [2.05, 4.69) is 18.0 Å². The minimum atomic E-state index is -0.259. The van der Waals surface area contributed by atoms with Crippen LogP contribution in [0.25, 0.3) is 11.0 Å². The normalized spacial score (nSPS) is 16.7. The van der Waals surface area contributed by atoms with Gasteiger partial charge in [0.05, 0.1) is 17.2 Å². The number of anilines is 1. The summed E-state index contributed by atoms with van der Waals surface area (Å²) < 4.78 is 1.51. The monoisotopic (exact) mass is 333 g/mol. The minimum absolute atomic E-state index is 0.0144. The van der Waals surface area contributed by atoms with Gasteiger partial charge in [-0.1, -0.05) is 30.3 Å². The van der Waals surface area contributed by atoms with E-state index in [9.17, 15) is 9.59 Å². The largest absolute Gasteiger partial charge is 0.308 e. The van der Waals surface area contributed by atoms with E-state index < -0.39 is 0 Å². The average Bonchev–Trinajstić information content (AvgIpc) is 2.64. The summed E-state index contributed by atoms with van der Waals surface area (Å²) in [7, 11) is 0. The van der Waals surface area contributed by atoms with Crippen LogP contribution in [0.5, 0.6) is 0 Å². The number of hydrogen-bond acceptors (Lipinski definition) is 3. The Hall–Kier alpha value is -2.95. The Balaban J connectivity index is 1.74. The van der Waals surface area contributed by atoms with Gasteiger partial charge in [0.2, 0.25) is 5.91 Å². The van der Waals surface area contributed by atoms with Gasteiger partial charge in [-0.05, 0) is 43.5 Å².